The molecule has 116 valence electrons. The van der Waals surface area contributed by atoms with Crippen molar-refractivity contribution < 1.29 is 4.79 Å². The molecule has 1 heterocycles. The fraction of sp³-hybridized carbons (Fsp3) is 0.562. The Kier molecular flexibility index (Phi) is 5.91. The molecule has 0 spiro atoms. The molecule has 5 heteroatoms. The molecule has 0 aliphatic carbocycles. The van der Waals surface area contributed by atoms with Crippen molar-refractivity contribution in [3.05, 3.63) is 33.8 Å². The number of piperidine rings is 1. The van der Waals surface area contributed by atoms with Gasteiger partial charge < -0.3 is 10.2 Å². The summed E-state index contributed by atoms with van der Waals surface area (Å²) in [6.07, 6.45) is 2.00. The second-order valence-electron chi connectivity index (χ2n) is 5.88. The normalized spacial score (nSPS) is 16.5. The fourth-order valence-electron chi connectivity index (χ4n) is 2.58. The van der Waals surface area contributed by atoms with Crippen LogP contribution < -0.4 is 5.32 Å². The van der Waals surface area contributed by atoms with Gasteiger partial charge in [-0.3, -0.25) is 4.79 Å². The van der Waals surface area contributed by atoms with Crippen LogP contribution in [0.15, 0.2) is 18.2 Å². The van der Waals surface area contributed by atoms with Gasteiger partial charge in [-0.2, -0.15) is 0 Å². The number of halogens is 2. The van der Waals surface area contributed by atoms with Crippen LogP contribution in [-0.4, -0.2) is 29.9 Å². The lowest BCUT2D eigenvalue weighted by atomic mass is 10.0. The van der Waals surface area contributed by atoms with E-state index in [-0.39, 0.29) is 11.8 Å². The molecule has 1 fully saturated rings. The highest BCUT2D eigenvalue weighted by molar-refractivity contribution is 6.42. The summed E-state index contributed by atoms with van der Waals surface area (Å²) >= 11 is 11.9. The van der Waals surface area contributed by atoms with Crippen molar-refractivity contribution in [2.45, 2.75) is 39.3 Å². The predicted molar refractivity (Wildman–Crippen MR) is 87.7 cm³/mol. The monoisotopic (exact) mass is 328 g/mol. The number of amides is 1. The zero-order valence-corrected chi connectivity index (χ0v) is 14.0. The SMILES string of the molecule is CC(C)C(=O)N1CCC(NCc2ccc(Cl)c(Cl)c2)CC1. The van der Waals surface area contributed by atoms with Crippen LogP contribution in [0.2, 0.25) is 10.0 Å². The highest BCUT2D eigenvalue weighted by Gasteiger charge is 2.23. The van der Waals surface area contributed by atoms with Crippen LogP contribution in [0.5, 0.6) is 0 Å². The molecule has 0 saturated carbocycles. The second-order valence-corrected chi connectivity index (χ2v) is 6.70. The van der Waals surface area contributed by atoms with E-state index in [1.54, 1.807) is 0 Å². The van der Waals surface area contributed by atoms with Gasteiger partial charge in [0.1, 0.15) is 0 Å². The molecule has 1 aliphatic rings. The molecule has 0 atom stereocenters. The number of rotatable bonds is 4. The predicted octanol–water partition coefficient (Wildman–Crippen LogP) is 3.73. The highest BCUT2D eigenvalue weighted by atomic mass is 35.5. The minimum absolute atomic E-state index is 0.0886. The summed E-state index contributed by atoms with van der Waals surface area (Å²) in [5, 5.41) is 4.71. The number of hydrogen-bond donors (Lipinski definition) is 1. The summed E-state index contributed by atoms with van der Waals surface area (Å²) in [5.74, 6) is 0.351. The van der Waals surface area contributed by atoms with E-state index in [9.17, 15) is 4.79 Å². The number of carbonyl (C=O) groups is 1. The van der Waals surface area contributed by atoms with Gasteiger partial charge in [-0.25, -0.2) is 0 Å². The van der Waals surface area contributed by atoms with E-state index in [0.29, 0.717) is 16.1 Å². The van der Waals surface area contributed by atoms with Gasteiger partial charge in [0.25, 0.3) is 0 Å². The number of likely N-dealkylation sites (tertiary alicyclic amines) is 1. The van der Waals surface area contributed by atoms with Crippen molar-refractivity contribution in [2.24, 2.45) is 5.92 Å². The minimum Gasteiger partial charge on any atom is -0.342 e. The van der Waals surface area contributed by atoms with Crippen LogP contribution in [0.3, 0.4) is 0 Å². The number of carbonyl (C=O) groups excluding carboxylic acids is 1. The topological polar surface area (TPSA) is 32.3 Å². The van der Waals surface area contributed by atoms with E-state index in [0.717, 1.165) is 38.0 Å². The van der Waals surface area contributed by atoms with E-state index in [1.807, 2.05) is 36.9 Å². The smallest absolute Gasteiger partial charge is 0.225 e. The van der Waals surface area contributed by atoms with Gasteiger partial charge in [0, 0.05) is 31.6 Å². The number of hydrogen-bond acceptors (Lipinski definition) is 2. The highest BCUT2D eigenvalue weighted by Crippen LogP contribution is 2.22. The lowest BCUT2D eigenvalue weighted by Gasteiger charge is -2.33. The zero-order valence-electron chi connectivity index (χ0n) is 12.5. The lowest BCUT2D eigenvalue weighted by molar-refractivity contribution is -0.135. The first-order valence-electron chi connectivity index (χ1n) is 7.43. The minimum atomic E-state index is 0.0886. The Morgan fingerprint density at radius 3 is 2.52 bits per heavy atom. The number of benzene rings is 1. The average Bonchev–Trinajstić information content (AvgIpc) is 2.48. The first-order valence-corrected chi connectivity index (χ1v) is 8.19. The lowest BCUT2D eigenvalue weighted by Crippen LogP contribution is -2.45. The Morgan fingerprint density at radius 1 is 1.29 bits per heavy atom. The first kappa shape index (κ1) is 16.6. The van der Waals surface area contributed by atoms with Crippen molar-refractivity contribution >= 4 is 29.1 Å². The Morgan fingerprint density at radius 2 is 1.95 bits per heavy atom. The molecule has 3 nitrogen and oxygen atoms in total. The van der Waals surface area contributed by atoms with Gasteiger partial charge in [-0.1, -0.05) is 43.1 Å². The molecule has 0 unspecified atom stereocenters. The van der Waals surface area contributed by atoms with Gasteiger partial charge in [-0.05, 0) is 30.5 Å². The molecule has 21 heavy (non-hydrogen) atoms. The molecule has 1 amide bonds. The Labute approximate surface area is 136 Å². The third-order valence-electron chi connectivity index (χ3n) is 3.88. The van der Waals surface area contributed by atoms with Crippen LogP contribution in [0, 0.1) is 5.92 Å². The summed E-state index contributed by atoms with van der Waals surface area (Å²) in [7, 11) is 0. The largest absolute Gasteiger partial charge is 0.342 e. The third-order valence-corrected chi connectivity index (χ3v) is 4.62. The number of nitrogens with one attached hydrogen (secondary N) is 1. The van der Waals surface area contributed by atoms with Crippen LogP contribution in [0.25, 0.3) is 0 Å². The van der Waals surface area contributed by atoms with Crippen LogP contribution >= 0.6 is 23.2 Å². The summed E-state index contributed by atoms with van der Waals surface area (Å²) < 4.78 is 0. The van der Waals surface area contributed by atoms with Crippen molar-refractivity contribution in [3.63, 3.8) is 0 Å². The summed E-state index contributed by atoms with van der Waals surface area (Å²) in [5.41, 5.74) is 1.13. The maximum absolute atomic E-state index is 11.9. The van der Waals surface area contributed by atoms with Crippen LogP contribution in [0.4, 0.5) is 0 Å². The molecule has 1 aliphatic heterocycles. The van der Waals surface area contributed by atoms with Crippen molar-refractivity contribution in [2.75, 3.05) is 13.1 Å². The summed E-state index contributed by atoms with van der Waals surface area (Å²) in [6.45, 7) is 6.37. The molecule has 0 aromatic heterocycles. The maximum atomic E-state index is 11.9. The van der Waals surface area contributed by atoms with Gasteiger partial charge in [0.15, 0.2) is 0 Å². The molecule has 0 radical (unpaired) electrons. The van der Waals surface area contributed by atoms with E-state index in [2.05, 4.69) is 5.32 Å². The standard InChI is InChI=1S/C16H22Cl2N2O/c1-11(2)16(21)20-7-5-13(6-8-20)19-10-12-3-4-14(17)15(18)9-12/h3-4,9,11,13,19H,5-8,10H2,1-2H3. The molecule has 1 aromatic rings. The Balaban J connectivity index is 1.78. The fourth-order valence-corrected chi connectivity index (χ4v) is 2.90. The van der Waals surface area contributed by atoms with Gasteiger partial charge in [-0.15, -0.1) is 0 Å². The molecular formula is C16H22Cl2N2O. The molecule has 2 rings (SSSR count). The van der Waals surface area contributed by atoms with Crippen molar-refractivity contribution in [3.8, 4) is 0 Å². The second kappa shape index (κ2) is 7.48. The molecule has 1 aromatic carbocycles. The Bertz CT molecular complexity index is 497. The van der Waals surface area contributed by atoms with E-state index in [4.69, 9.17) is 23.2 Å². The third kappa shape index (κ3) is 4.60. The Hall–Kier alpha value is -0.770. The summed E-state index contributed by atoms with van der Waals surface area (Å²) in [4.78, 5) is 13.9. The number of nitrogens with zero attached hydrogens (tertiary/aromatic N) is 1. The van der Waals surface area contributed by atoms with Gasteiger partial charge in [0.2, 0.25) is 5.91 Å². The van der Waals surface area contributed by atoms with E-state index < -0.39 is 0 Å². The molecule has 0 bridgehead atoms. The first-order chi connectivity index (χ1) is 9.97. The van der Waals surface area contributed by atoms with Gasteiger partial charge in [0.05, 0.1) is 10.0 Å². The molecule has 1 N–H and O–H groups in total. The van der Waals surface area contributed by atoms with E-state index >= 15 is 0 Å². The van der Waals surface area contributed by atoms with Crippen LogP contribution in [0.1, 0.15) is 32.3 Å². The van der Waals surface area contributed by atoms with Crippen molar-refractivity contribution in [1.82, 2.24) is 10.2 Å². The van der Waals surface area contributed by atoms with E-state index in [1.165, 1.54) is 0 Å². The molecule has 1 saturated heterocycles. The summed E-state index contributed by atoms with van der Waals surface area (Å²) in [6, 6.07) is 6.16. The molecular weight excluding hydrogens is 307 g/mol. The van der Waals surface area contributed by atoms with Gasteiger partial charge >= 0.3 is 0 Å². The maximum Gasteiger partial charge on any atom is 0.225 e. The average molecular weight is 329 g/mol. The quantitative estimate of drug-likeness (QED) is 0.913. The van der Waals surface area contributed by atoms with Crippen LogP contribution in [-0.2, 0) is 11.3 Å². The van der Waals surface area contributed by atoms with Crippen molar-refractivity contribution in [1.29, 1.82) is 0 Å². The zero-order chi connectivity index (χ0) is 15.4.